The van der Waals surface area contributed by atoms with Crippen LogP contribution in [0.4, 0.5) is 0 Å². The largest absolute Gasteiger partial charge is 0.342 e. The van der Waals surface area contributed by atoms with Gasteiger partial charge in [-0.1, -0.05) is 12.1 Å². The Morgan fingerprint density at radius 2 is 2.15 bits per heavy atom. The Balaban J connectivity index is 1.40. The van der Waals surface area contributed by atoms with Crippen LogP contribution in [0.2, 0.25) is 0 Å². The molecule has 7 heteroatoms. The van der Waals surface area contributed by atoms with Crippen molar-refractivity contribution in [2.24, 2.45) is 0 Å². The van der Waals surface area contributed by atoms with Crippen LogP contribution in [0, 0.1) is 0 Å². The SMILES string of the molecule is O=C(CCn1cnc2ccccc21)N1CCC[C@H](c2cc(=O)[nH]cn2)C1. The molecule has 1 N–H and O–H groups in total. The van der Waals surface area contributed by atoms with Gasteiger partial charge in [0.05, 0.1) is 29.4 Å². The number of hydrogen-bond donors (Lipinski definition) is 1. The molecule has 3 heterocycles. The summed E-state index contributed by atoms with van der Waals surface area (Å²) in [7, 11) is 0. The lowest BCUT2D eigenvalue weighted by Crippen LogP contribution is -2.39. The summed E-state index contributed by atoms with van der Waals surface area (Å²) in [4.78, 5) is 37.3. The predicted octanol–water partition coefficient (Wildman–Crippen LogP) is 1.92. The lowest BCUT2D eigenvalue weighted by Gasteiger charge is -2.32. The Bertz CT molecular complexity index is 977. The fraction of sp³-hybridized carbons (Fsp3) is 0.368. The minimum absolute atomic E-state index is 0.129. The number of benzene rings is 1. The van der Waals surface area contributed by atoms with Crippen LogP contribution < -0.4 is 5.56 Å². The van der Waals surface area contributed by atoms with Gasteiger partial charge in [0.2, 0.25) is 5.91 Å². The molecule has 1 amide bonds. The number of para-hydroxylation sites is 2. The third kappa shape index (κ3) is 3.37. The van der Waals surface area contributed by atoms with Gasteiger partial charge >= 0.3 is 0 Å². The van der Waals surface area contributed by atoms with Crippen molar-refractivity contribution in [1.29, 1.82) is 0 Å². The minimum Gasteiger partial charge on any atom is -0.342 e. The molecule has 1 fully saturated rings. The highest BCUT2D eigenvalue weighted by Gasteiger charge is 2.25. The molecule has 4 rings (SSSR count). The molecule has 2 aromatic heterocycles. The van der Waals surface area contributed by atoms with Crippen molar-refractivity contribution >= 4 is 16.9 Å². The number of likely N-dealkylation sites (tertiary alicyclic amines) is 1. The molecule has 1 aliphatic rings. The predicted molar refractivity (Wildman–Crippen MR) is 97.8 cm³/mol. The highest BCUT2D eigenvalue weighted by Crippen LogP contribution is 2.25. The normalized spacial score (nSPS) is 17.5. The molecule has 0 bridgehead atoms. The fourth-order valence-corrected chi connectivity index (χ4v) is 3.61. The maximum atomic E-state index is 12.7. The maximum absolute atomic E-state index is 12.7. The summed E-state index contributed by atoms with van der Waals surface area (Å²) >= 11 is 0. The zero-order valence-corrected chi connectivity index (χ0v) is 14.5. The lowest BCUT2D eigenvalue weighted by atomic mass is 9.94. The van der Waals surface area contributed by atoms with Gasteiger partial charge in [0.25, 0.3) is 5.56 Å². The highest BCUT2D eigenvalue weighted by molar-refractivity contribution is 5.77. The van der Waals surface area contributed by atoms with Gasteiger partial charge in [-0.2, -0.15) is 0 Å². The van der Waals surface area contributed by atoms with E-state index >= 15 is 0 Å². The molecule has 0 radical (unpaired) electrons. The number of H-pyrrole nitrogens is 1. The van der Waals surface area contributed by atoms with E-state index in [0.717, 1.165) is 36.1 Å². The van der Waals surface area contributed by atoms with Gasteiger partial charge in [0, 0.05) is 38.0 Å². The summed E-state index contributed by atoms with van der Waals surface area (Å²) in [5, 5.41) is 0. The number of carbonyl (C=O) groups excluding carboxylic acids is 1. The van der Waals surface area contributed by atoms with Crippen molar-refractivity contribution in [3.05, 3.63) is 59.0 Å². The van der Waals surface area contributed by atoms with E-state index in [1.807, 2.05) is 33.7 Å². The molecular formula is C19H21N5O2. The average molecular weight is 351 g/mol. The molecule has 1 aromatic carbocycles. The van der Waals surface area contributed by atoms with E-state index in [2.05, 4.69) is 15.0 Å². The summed E-state index contributed by atoms with van der Waals surface area (Å²) in [5.74, 6) is 0.265. The molecular weight excluding hydrogens is 330 g/mol. The minimum atomic E-state index is -0.148. The first-order valence-electron chi connectivity index (χ1n) is 8.93. The molecule has 1 atom stereocenters. The standard InChI is InChI=1S/C19H21N5O2/c25-18-10-16(20-12-21-18)14-4-3-8-23(11-14)19(26)7-9-24-13-22-15-5-1-2-6-17(15)24/h1-2,5-6,10,12-14H,3-4,7-9,11H2,(H,20,21,25)/t14-/m0/s1. The molecule has 0 saturated carbocycles. The number of nitrogens with zero attached hydrogens (tertiary/aromatic N) is 4. The smallest absolute Gasteiger partial charge is 0.250 e. The number of aromatic nitrogens is 4. The molecule has 134 valence electrons. The fourth-order valence-electron chi connectivity index (χ4n) is 3.61. The van der Waals surface area contributed by atoms with E-state index < -0.39 is 0 Å². The summed E-state index contributed by atoms with van der Waals surface area (Å²) in [6.07, 6.45) is 5.54. The van der Waals surface area contributed by atoms with Gasteiger partial charge in [0.15, 0.2) is 0 Å². The van der Waals surface area contributed by atoms with Crippen molar-refractivity contribution in [3.8, 4) is 0 Å². The van der Waals surface area contributed by atoms with Gasteiger partial charge < -0.3 is 14.5 Å². The Morgan fingerprint density at radius 3 is 3.04 bits per heavy atom. The van der Waals surface area contributed by atoms with Crippen molar-refractivity contribution in [3.63, 3.8) is 0 Å². The number of fused-ring (bicyclic) bond motifs is 1. The second-order valence-corrected chi connectivity index (χ2v) is 6.69. The average Bonchev–Trinajstić information content (AvgIpc) is 3.09. The lowest BCUT2D eigenvalue weighted by molar-refractivity contribution is -0.132. The third-order valence-corrected chi connectivity index (χ3v) is 4.99. The number of amides is 1. The maximum Gasteiger partial charge on any atom is 0.250 e. The number of rotatable bonds is 4. The van der Waals surface area contributed by atoms with Crippen LogP contribution >= 0.6 is 0 Å². The topological polar surface area (TPSA) is 83.9 Å². The van der Waals surface area contributed by atoms with Crippen LogP contribution in [0.1, 0.15) is 30.9 Å². The molecule has 0 unspecified atom stereocenters. The monoisotopic (exact) mass is 351 g/mol. The van der Waals surface area contributed by atoms with Gasteiger partial charge in [-0.25, -0.2) is 9.97 Å². The van der Waals surface area contributed by atoms with Crippen LogP contribution in [0.15, 0.2) is 47.8 Å². The van der Waals surface area contributed by atoms with Gasteiger partial charge in [-0.3, -0.25) is 9.59 Å². The second-order valence-electron chi connectivity index (χ2n) is 6.69. The Labute approximate surface area is 150 Å². The molecule has 1 saturated heterocycles. The molecule has 0 aliphatic carbocycles. The Kier molecular flexibility index (Phi) is 4.51. The number of hydrogen-bond acceptors (Lipinski definition) is 4. The van der Waals surface area contributed by atoms with Crippen LogP contribution in [-0.4, -0.2) is 43.4 Å². The van der Waals surface area contributed by atoms with Crippen molar-refractivity contribution in [1.82, 2.24) is 24.4 Å². The third-order valence-electron chi connectivity index (χ3n) is 4.99. The Hall–Kier alpha value is -2.96. The molecule has 3 aromatic rings. The van der Waals surface area contributed by atoms with E-state index in [4.69, 9.17) is 0 Å². The van der Waals surface area contributed by atoms with Crippen LogP contribution in [0.5, 0.6) is 0 Å². The molecule has 0 spiro atoms. The first-order chi connectivity index (χ1) is 12.7. The molecule has 7 nitrogen and oxygen atoms in total. The summed E-state index contributed by atoms with van der Waals surface area (Å²) in [5.41, 5.74) is 2.61. The zero-order valence-electron chi connectivity index (χ0n) is 14.5. The van der Waals surface area contributed by atoms with Crippen molar-refractivity contribution in [2.45, 2.75) is 31.7 Å². The van der Waals surface area contributed by atoms with E-state index in [1.54, 1.807) is 6.33 Å². The summed E-state index contributed by atoms with van der Waals surface area (Å²) in [6, 6.07) is 9.46. The van der Waals surface area contributed by atoms with Crippen LogP contribution in [0.25, 0.3) is 11.0 Å². The van der Waals surface area contributed by atoms with Gasteiger partial charge in [-0.15, -0.1) is 0 Å². The van der Waals surface area contributed by atoms with E-state index in [9.17, 15) is 9.59 Å². The molecule has 26 heavy (non-hydrogen) atoms. The first-order valence-corrected chi connectivity index (χ1v) is 8.93. The Morgan fingerprint density at radius 1 is 1.27 bits per heavy atom. The number of nitrogens with one attached hydrogen (secondary N) is 1. The van der Waals surface area contributed by atoms with Gasteiger partial charge in [-0.05, 0) is 25.0 Å². The van der Waals surface area contributed by atoms with Crippen LogP contribution in [0.3, 0.4) is 0 Å². The highest BCUT2D eigenvalue weighted by atomic mass is 16.2. The van der Waals surface area contributed by atoms with E-state index in [1.165, 1.54) is 12.4 Å². The van der Waals surface area contributed by atoms with Crippen molar-refractivity contribution < 1.29 is 4.79 Å². The first kappa shape index (κ1) is 16.5. The van der Waals surface area contributed by atoms with Gasteiger partial charge in [0.1, 0.15) is 0 Å². The number of imidazole rings is 1. The second kappa shape index (κ2) is 7.11. The van der Waals surface area contributed by atoms with E-state index in [0.29, 0.717) is 19.5 Å². The molecule has 1 aliphatic heterocycles. The number of carbonyl (C=O) groups is 1. The number of piperidine rings is 1. The van der Waals surface area contributed by atoms with Crippen molar-refractivity contribution in [2.75, 3.05) is 13.1 Å². The van der Waals surface area contributed by atoms with E-state index in [-0.39, 0.29) is 17.4 Å². The summed E-state index contributed by atoms with van der Waals surface area (Å²) in [6.45, 7) is 2.01. The zero-order chi connectivity index (χ0) is 17.9. The van der Waals surface area contributed by atoms with Crippen LogP contribution in [-0.2, 0) is 11.3 Å². The number of aromatic amines is 1. The number of aryl methyl sites for hydroxylation is 1. The summed E-state index contributed by atoms with van der Waals surface area (Å²) < 4.78 is 2.02. The quantitative estimate of drug-likeness (QED) is 0.778.